The van der Waals surface area contributed by atoms with Gasteiger partial charge in [0.25, 0.3) is 5.91 Å². The summed E-state index contributed by atoms with van der Waals surface area (Å²) in [5.41, 5.74) is 5.12. The van der Waals surface area contributed by atoms with E-state index in [0.29, 0.717) is 30.0 Å². The van der Waals surface area contributed by atoms with E-state index in [-0.39, 0.29) is 11.8 Å². The van der Waals surface area contributed by atoms with Gasteiger partial charge in [-0.05, 0) is 31.0 Å². The summed E-state index contributed by atoms with van der Waals surface area (Å²) in [5, 5.41) is 0. The number of hydrogen-bond acceptors (Lipinski definition) is 3. The van der Waals surface area contributed by atoms with Crippen LogP contribution in [0.25, 0.3) is 0 Å². The zero-order valence-electron chi connectivity index (χ0n) is 10.7. The van der Waals surface area contributed by atoms with Crippen molar-refractivity contribution in [2.75, 3.05) is 13.0 Å². The number of methoxy groups -OCH3 is 1. The fourth-order valence-corrected chi connectivity index (χ4v) is 1.59. The molecule has 0 saturated heterocycles. The molecule has 1 aromatic rings. The number of hydrogen-bond donors (Lipinski definition) is 2. The van der Waals surface area contributed by atoms with Crippen LogP contribution in [0, 0.1) is 0 Å². The normalized spacial score (nSPS) is 9.79. The smallest absolute Gasteiger partial charge is 0.269 e. The molecule has 0 bridgehead atoms. The van der Waals surface area contributed by atoms with E-state index in [1.54, 1.807) is 24.3 Å². The zero-order chi connectivity index (χ0) is 14.1. The lowest BCUT2D eigenvalue weighted by atomic mass is 10.2. The minimum atomic E-state index is -0.385. The summed E-state index contributed by atoms with van der Waals surface area (Å²) in [6.07, 6.45) is 1.81. The van der Waals surface area contributed by atoms with E-state index in [0.717, 1.165) is 6.42 Å². The number of carbonyl (C=O) groups excluding carboxylic acids is 2. The summed E-state index contributed by atoms with van der Waals surface area (Å²) in [6.45, 7) is 0. The van der Waals surface area contributed by atoms with Gasteiger partial charge in [0.2, 0.25) is 5.91 Å². The Morgan fingerprint density at radius 2 is 2.05 bits per heavy atom. The molecule has 0 fully saturated rings. The van der Waals surface area contributed by atoms with Crippen molar-refractivity contribution in [3.63, 3.8) is 0 Å². The van der Waals surface area contributed by atoms with E-state index in [4.69, 9.17) is 16.3 Å². The lowest BCUT2D eigenvalue weighted by Gasteiger charge is -2.08. The first-order valence-corrected chi connectivity index (χ1v) is 6.50. The molecule has 0 aliphatic heterocycles. The molecule has 0 heterocycles. The Balaban J connectivity index is 2.40. The summed E-state index contributed by atoms with van der Waals surface area (Å²) >= 11 is 5.51. The summed E-state index contributed by atoms with van der Waals surface area (Å²) in [5.74, 6) is 0.496. The van der Waals surface area contributed by atoms with Crippen LogP contribution in [0.2, 0.25) is 0 Å². The van der Waals surface area contributed by atoms with Gasteiger partial charge in [-0.15, -0.1) is 11.6 Å². The second kappa shape index (κ2) is 8.37. The van der Waals surface area contributed by atoms with E-state index in [2.05, 4.69) is 10.9 Å². The summed E-state index contributed by atoms with van der Waals surface area (Å²) in [4.78, 5) is 23.1. The van der Waals surface area contributed by atoms with Gasteiger partial charge in [0.15, 0.2) is 0 Å². The number of carbonyl (C=O) groups is 2. The Hall–Kier alpha value is -1.75. The van der Waals surface area contributed by atoms with Crippen molar-refractivity contribution >= 4 is 23.4 Å². The van der Waals surface area contributed by atoms with E-state index in [9.17, 15) is 9.59 Å². The number of halogens is 1. The van der Waals surface area contributed by atoms with Gasteiger partial charge in [0, 0.05) is 17.9 Å². The molecule has 0 aliphatic carbocycles. The number of amides is 2. The number of unbranched alkanes of at least 4 members (excludes halogenated alkanes) is 1. The topological polar surface area (TPSA) is 67.4 Å². The van der Waals surface area contributed by atoms with Crippen LogP contribution in [0.5, 0.6) is 5.75 Å². The lowest BCUT2D eigenvalue weighted by Crippen LogP contribution is -2.41. The Morgan fingerprint density at radius 3 is 2.74 bits per heavy atom. The average Bonchev–Trinajstić information content (AvgIpc) is 2.45. The molecule has 1 aromatic carbocycles. The molecular weight excluding hydrogens is 268 g/mol. The molecule has 5 nitrogen and oxygen atoms in total. The highest BCUT2D eigenvalue weighted by Crippen LogP contribution is 2.11. The Labute approximate surface area is 117 Å². The van der Waals surface area contributed by atoms with Gasteiger partial charge in [-0.25, -0.2) is 0 Å². The van der Waals surface area contributed by atoms with Crippen LogP contribution < -0.4 is 15.6 Å². The molecule has 0 radical (unpaired) electrons. The first kappa shape index (κ1) is 15.3. The number of alkyl halides is 1. The van der Waals surface area contributed by atoms with Gasteiger partial charge in [0.05, 0.1) is 7.11 Å². The van der Waals surface area contributed by atoms with Crippen LogP contribution in [0.4, 0.5) is 0 Å². The SMILES string of the molecule is COc1cccc(C(=O)NNC(=O)CCCCCl)c1. The van der Waals surface area contributed by atoms with Gasteiger partial charge < -0.3 is 4.74 Å². The fourth-order valence-electron chi connectivity index (χ4n) is 1.41. The molecule has 0 spiro atoms. The predicted molar refractivity (Wildman–Crippen MR) is 73.2 cm³/mol. The maximum Gasteiger partial charge on any atom is 0.269 e. The Morgan fingerprint density at radius 1 is 1.26 bits per heavy atom. The summed E-state index contributed by atoms with van der Waals surface area (Å²) in [6, 6.07) is 6.67. The Kier molecular flexibility index (Phi) is 6.74. The number of hydrazine groups is 1. The molecule has 1 rings (SSSR count). The molecule has 0 saturated carbocycles. The highest BCUT2D eigenvalue weighted by molar-refractivity contribution is 6.17. The monoisotopic (exact) mass is 284 g/mol. The van der Waals surface area contributed by atoms with Crippen LogP contribution >= 0.6 is 11.6 Å². The first-order valence-electron chi connectivity index (χ1n) is 5.96. The van der Waals surface area contributed by atoms with Gasteiger partial charge in [0.1, 0.15) is 5.75 Å². The van der Waals surface area contributed by atoms with Crippen molar-refractivity contribution in [2.24, 2.45) is 0 Å². The quantitative estimate of drug-likeness (QED) is 0.476. The second-order valence-corrected chi connectivity index (χ2v) is 4.26. The highest BCUT2D eigenvalue weighted by atomic mass is 35.5. The molecule has 2 amide bonds. The lowest BCUT2D eigenvalue weighted by molar-refractivity contribution is -0.121. The van der Waals surface area contributed by atoms with E-state index in [1.807, 2.05) is 0 Å². The largest absolute Gasteiger partial charge is 0.497 e. The minimum absolute atomic E-state index is 0.235. The average molecular weight is 285 g/mol. The molecule has 0 aliphatic rings. The third kappa shape index (κ3) is 5.61. The fraction of sp³-hybridized carbons (Fsp3) is 0.385. The van der Waals surface area contributed by atoms with E-state index < -0.39 is 0 Å². The molecule has 0 aromatic heterocycles. The van der Waals surface area contributed by atoms with Crippen LogP contribution in [0.15, 0.2) is 24.3 Å². The minimum Gasteiger partial charge on any atom is -0.497 e. The number of rotatable bonds is 6. The van der Waals surface area contributed by atoms with E-state index in [1.165, 1.54) is 7.11 Å². The summed E-state index contributed by atoms with van der Waals surface area (Å²) in [7, 11) is 1.52. The van der Waals surface area contributed by atoms with Gasteiger partial charge in [-0.2, -0.15) is 0 Å². The maximum atomic E-state index is 11.7. The van der Waals surface area contributed by atoms with Crippen molar-refractivity contribution in [3.05, 3.63) is 29.8 Å². The molecule has 2 N–H and O–H groups in total. The van der Waals surface area contributed by atoms with Gasteiger partial charge >= 0.3 is 0 Å². The third-order valence-corrected chi connectivity index (χ3v) is 2.70. The number of ether oxygens (including phenoxy) is 1. The standard InChI is InChI=1S/C13H17ClN2O3/c1-19-11-6-4-5-10(9-11)13(18)16-15-12(17)7-2-3-8-14/h4-6,9H,2-3,7-8H2,1H3,(H,15,17)(H,16,18). The zero-order valence-corrected chi connectivity index (χ0v) is 11.5. The molecule has 6 heteroatoms. The number of benzene rings is 1. The second-order valence-electron chi connectivity index (χ2n) is 3.88. The van der Waals surface area contributed by atoms with Crippen LogP contribution in [0.3, 0.4) is 0 Å². The molecule has 19 heavy (non-hydrogen) atoms. The molecular formula is C13H17ClN2O3. The van der Waals surface area contributed by atoms with Gasteiger partial charge in [-0.1, -0.05) is 6.07 Å². The van der Waals surface area contributed by atoms with Crippen LogP contribution in [0.1, 0.15) is 29.6 Å². The van der Waals surface area contributed by atoms with Crippen molar-refractivity contribution < 1.29 is 14.3 Å². The maximum absolute atomic E-state index is 11.7. The van der Waals surface area contributed by atoms with Crippen molar-refractivity contribution in [1.82, 2.24) is 10.9 Å². The highest BCUT2D eigenvalue weighted by Gasteiger charge is 2.07. The van der Waals surface area contributed by atoms with Crippen molar-refractivity contribution in [2.45, 2.75) is 19.3 Å². The molecule has 0 atom stereocenters. The van der Waals surface area contributed by atoms with Crippen molar-refractivity contribution in [1.29, 1.82) is 0 Å². The molecule has 104 valence electrons. The van der Waals surface area contributed by atoms with Crippen molar-refractivity contribution in [3.8, 4) is 5.75 Å². The van der Waals surface area contributed by atoms with Crippen LogP contribution in [-0.2, 0) is 4.79 Å². The first-order chi connectivity index (χ1) is 9.17. The summed E-state index contributed by atoms with van der Waals surface area (Å²) < 4.78 is 5.02. The predicted octanol–water partition coefficient (Wildman–Crippen LogP) is 1.87. The molecule has 0 unspecified atom stereocenters. The Bertz CT molecular complexity index is 438. The van der Waals surface area contributed by atoms with Crippen LogP contribution in [-0.4, -0.2) is 24.8 Å². The van der Waals surface area contributed by atoms with E-state index >= 15 is 0 Å². The van der Waals surface area contributed by atoms with Gasteiger partial charge in [-0.3, -0.25) is 20.4 Å². The third-order valence-electron chi connectivity index (χ3n) is 2.43. The number of nitrogens with one attached hydrogen (secondary N) is 2.